The van der Waals surface area contributed by atoms with Crippen LogP contribution in [0.25, 0.3) is 0 Å². The molecule has 96 valence electrons. The van der Waals surface area contributed by atoms with Crippen molar-refractivity contribution >= 4 is 11.6 Å². The molecule has 1 aromatic rings. The molecular weight excluding hydrogens is 216 g/mol. The SMILES string of the molecule is Cc1nc(NN)cc(NCCCCN(C)C)n1. The van der Waals surface area contributed by atoms with Crippen LogP contribution in [0.2, 0.25) is 0 Å². The van der Waals surface area contributed by atoms with Crippen molar-refractivity contribution in [3.63, 3.8) is 0 Å². The number of nitrogens with zero attached hydrogens (tertiary/aromatic N) is 3. The maximum absolute atomic E-state index is 5.32. The second-order valence-corrected chi connectivity index (χ2v) is 4.27. The molecule has 6 heteroatoms. The maximum Gasteiger partial charge on any atom is 0.145 e. The van der Waals surface area contributed by atoms with E-state index in [0.717, 1.165) is 25.3 Å². The van der Waals surface area contributed by atoms with E-state index < -0.39 is 0 Å². The molecule has 0 radical (unpaired) electrons. The van der Waals surface area contributed by atoms with E-state index in [1.807, 2.05) is 6.92 Å². The Morgan fingerprint density at radius 3 is 2.59 bits per heavy atom. The molecule has 6 nitrogen and oxygen atoms in total. The second-order valence-electron chi connectivity index (χ2n) is 4.27. The smallest absolute Gasteiger partial charge is 0.145 e. The average molecular weight is 238 g/mol. The summed E-state index contributed by atoms with van der Waals surface area (Å²) in [5.74, 6) is 7.48. The molecule has 0 atom stereocenters. The summed E-state index contributed by atoms with van der Waals surface area (Å²) >= 11 is 0. The lowest BCUT2D eigenvalue weighted by atomic mass is 10.3. The fraction of sp³-hybridized carbons (Fsp3) is 0.636. The monoisotopic (exact) mass is 238 g/mol. The molecule has 1 rings (SSSR count). The van der Waals surface area contributed by atoms with Gasteiger partial charge in [0.25, 0.3) is 0 Å². The number of nitrogens with one attached hydrogen (secondary N) is 2. The minimum absolute atomic E-state index is 0.633. The highest BCUT2D eigenvalue weighted by Gasteiger charge is 2.00. The van der Waals surface area contributed by atoms with Crippen LogP contribution in [0.3, 0.4) is 0 Å². The first kappa shape index (κ1) is 13.7. The van der Waals surface area contributed by atoms with E-state index in [-0.39, 0.29) is 0 Å². The lowest BCUT2D eigenvalue weighted by Crippen LogP contribution is -2.15. The van der Waals surface area contributed by atoms with Crippen LogP contribution in [0.5, 0.6) is 0 Å². The van der Waals surface area contributed by atoms with Gasteiger partial charge in [0.2, 0.25) is 0 Å². The van der Waals surface area contributed by atoms with E-state index in [0.29, 0.717) is 11.6 Å². The molecule has 0 spiro atoms. The van der Waals surface area contributed by atoms with Crippen LogP contribution in [-0.4, -0.2) is 42.1 Å². The summed E-state index contributed by atoms with van der Waals surface area (Å²) in [6, 6.07) is 1.80. The van der Waals surface area contributed by atoms with Gasteiger partial charge < -0.3 is 15.6 Å². The summed E-state index contributed by atoms with van der Waals surface area (Å²) in [6.07, 6.45) is 2.29. The van der Waals surface area contributed by atoms with E-state index >= 15 is 0 Å². The number of nitrogen functional groups attached to an aromatic ring is 1. The van der Waals surface area contributed by atoms with Gasteiger partial charge in [0.1, 0.15) is 17.5 Å². The predicted octanol–water partition coefficient (Wildman–Crippen LogP) is 0.824. The second kappa shape index (κ2) is 7.03. The first-order valence-corrected chi connectivity index (χ1v) is 5.82. The number of aromatic nitrogens is 2. The number of hydrogen-bond acceptors (Lipinski definition) is 6. The van der Waals surface area contributed by atoms with Gasteiger partial charge in [-0.3, -0.25) is 0 Å². The molecule has 0 aliphatic carbocycles. The van der Waals surface area contributed by atoms with Gasteiger partial charge in [-0.1, -0.05) is 0 Å². The van der Waals surface area contributed by atoms with Crippen molar-refractivity contribution in [1.82, 2.24) is 14.9 Å². The van der Waals surface area contributed by atoms with Gasteiger partial charge in [0.05, 0.1) is 0 Å². The zero-order chi connectivity index (χ0) is 12.7. The van der Waals surface area contributed by atoms with Crippen molar-refractivity contribution in [2.75, 3.05) is 37.9 Å². The minimum atomic E-state index is 0.633. The quantitative estimate of drug-likeness (QED) is 0.371. The van der Waals surface area contributed by atoms with Crippen LogP contribution >= 0.6 is 0 Å². The van der Waals surface area contributed by atoms with Gasteiger partial charge in [-0.15, -0.1) is 0 Å². The molecule has 0 saturated carbocycles. The highest BCUT2D eigenvalue weighted by atomic mass is 15.3. The number of unbranched alkanes of at least 4 members (excludes halogenated alkanes) is 1. The van der Waals surface area contributed by atoms with Gasteiger partial charge in [-0.05, 0) is 40.4 Å². The normalized spacial score (nSPS) is 10.6. The number of hydrazine groups is 1. The number of aryl methyl sites for hydroxylation is 1. The number of nitrogens with two attached hydrogens (primary N) is 1. The van der Waals surface area contributed by atoms with Crippen molar-refractivity contribution < 1.29 is 0 Å². The van der Waals surface area contributed by atoms with E-state index in [2.05, 4.69) is 39.7 Å². The first-order chi connectivity index (χ1) is 8.11. The molecule has 1 heterocycles. The number of hydrogen-bond donors (Lipinski definition) is 3. The van der Waals surface area contributed by atoms with Crippen LogP contribution in [0, 0.1) is 6.92 Å². The highest BCUT2D eigenvalue weighted by Crippen LogP contribution is 2.09. The molecule has 0 bridgehead atoms. The molecule has 0 saturated heterocycles. The maximum atomic E-state index is 5.32. The van der Waals surface area contributed by atoms with Crippen molar-refractivity contribution in [3.8, 4) is 0 Å². The highest BCUT2D eigenvalue weighted by molar-refractivity contribution is 5.46. The standard InChI is InChI=1S/C11H22N6/c1-9-14-10(8-11(15-9)16-12)13-6-4-5-7-17(2)3/h8H,4-7,12H2,1-3H3,(H2,13,14,15,16). The zero-order valence-electron chi connectivity index (χ0n) is 10.8. The Morgan fingerprint density at radius 2 is 1.94 bits per heavy atom. The molecule has 0 aliphatic heterocycles. The summed E-state index contributed by atoms with van der Waals surface area (Å²) < 4.78 is 0. The van der Waals surface area contributed by atoms with Gasteiger partial charge in [-0.2, -0.15) is 0 Å². The van der Waals surface area contributed by atoms with Crippen LogP contribution in [-0.2, 0) is 0 Å². The van der Waals surface area contributed by atoms with Gasteiger partial charge in [0, 0.05) is 12.6 Å². The Hall–Kier alpha value is -1.40. The number of rotatable bonds is 7. The van der Waals surface area contributed by atoms with Gasteiger partial charge in [0.15, 0.2) is 0 Å². The third kappa shape index (κ3) is 5.46. The molecule has 1 aromatic heterocycles. The van der Waals surface area contributed by atoms with Crippen LogP contribution in [0.1, 0.15) is 18.7 Å². The van der Waals surface area contributed by atoms with Crippen LogP contribution in [0.15, 0.2) is 6.07 Å². The average Bonchev–Trinajstić information content (AvgIpc) is 2.27. The van der Waals surface area contributed by atoms with Gasteiger partial charge >= 0.3 is 0 Å². The summed E-state index contributed by atoms with van der Waals surface area (Å²) in [5, 5.41) is 3.27. The predicted molar refractivity (Wildman–Crippen MR) is 70.9 cm³/mol. The molecule has 0 fully saturated rings. The molecule has 17 heavy (non-hydrogen) atoms. The fourth-order valence-electron chi connectivity index (χ4n) is 1.50. The van der Waals surface area contributed by atoms with E-state index in [4.69, 9.17) is 5.84 Å². The van der Waals surface area contributed by atoms with Crippen molar-refractivity contribution in [2.45, 2.75) is 19.8 Å². The summed E-state index contributed by atoms with van der Waals surface area (Å²) in [5.41, 5.74) is 2.53. The largest absolute Gasteiger partial charge is 0.370 e. The third-order valence-electron chi connectivity index (χ3n) is 2.32. The lowest BCUT2D eigenvalue weighted by molar-refractivity contribution is 0.396. The number of anilines is 2. The summed E-state index contributed by atoms with van der Waals surface area (Å²) in [6.45, 7) is 3.87. The molecular formula is C11H22N6. The van der Waals surface area contributed by atoms with E-state index in [9.17, 15) is 0 Å². The fourth-order valence-corrected chi connectivity index (χ4v) is 1.50. The Kier molecular flexibility index (Phi) is 5.65. The van der Waals surface area contributed by atoms with Crippen LogP contribution < -0.4 is 16.6 Å². The Bertz CT molecular complexity index is 339. The van der Waals surface area contributed by atoms with Crippen LogP contribution in [0.4, 0.5) is 11.6 Å². The first-order valence-electron chi connectivity index (χ1n) is 5.82. The molecule has 0 amide bonds. The van der Waals surface area contributed by atoms with Gasteiger partial charge in [-0.25, -0.2) is 15.8 Å². The summed E-state index contributed by atoms with van der Waals surface area (Å²) in [4.78, 5) is 10.6. The van der Waals surface area contributed by atoms with E-state index in [1.54, 1.807) is 6.07 Å². The topological polar surface area (TPSA) is 79.1 Å². The van der Waals surface area contributed by atoms with Crippen molar-refractivity contribution in [2.24, 2.45) is 5.84 Å². The van der Waals surface area contributed by atoms with Crippen molar-refractivity contribution in [3.05, 3.63) is 11.9 Å². The molecule has 0 aromatic carbocycles. The molecule has 0 unspecified atom stereocenters. The summed E-state index contributed by atoms with van der Waals surface area (Å²) in [7, 11) is 4.17. The van der Waals surface area contributed by atoms with E-state index in [1.165, 1.54) is 6.42 Å². The Morgan fingerprint density at radius 1 is 1.24 bits per heavy atom. The Balaban J connectivity index is 2.33. The third-order valence-corrected chi connectivity index (χ3v) is 2.32. The lowest BCUT2D eigenvalue weighted by Gasteiger charge is -2.10. The molecule has 0 aliphatic rings. The van der Waals surface area contributed by atoms with Crippen molar-refractivity contribution in [1.29, 1.82) is 0 Å². The Labute approximate surface area is 103 Å². The molecule has 4 N–H and O–H groups in total. The minimum Gasteiger partial charge on any atom is -0.370 e. The zero-order valence-corrected chi connectivity index (χ0v) is 10.8.